The number of aliphatic hydroxyl groups is 1. The molecule has 3 heteroatoms. The lowest BCUT2D eigenvalue weighted by molar-refractivity contribution is 0.137. The van der Waals surface area contributed by atoms with E-state index < -0.39 is 11.9 Å². The Morgan fingerprint density at radius 2 is 2.19 bits per heavy atom. The largest absolute Gasteiger partial charge is 0.392 e. The summed E-state index contributed by atoms with van der Waals surface area (Å²) in [5, 5.41) is 10.2. The molecule has 1 aliphatic carbocycles. The first-order chi connectivity index (χ1) is 7.42. The topological polar surface area (TPSA) is 20.2 Å². The van der Waals surface area contributed by atoms with E-state index in [2.05, 4.69) is 13.8 Å². The molecule has 0 heterocycles. The van der Waals surface area contributed by atoms with Crippen molar-refractivity contribution < 1.29 is 9.50 Å². The molecule has 1 saturated carbocycles. The van der Waals surface area contributed by atoms with Crippen LogP contribution in [0.2, 0.25) is 5.02 Å². The van der Waals surface area contributed by atoms with Gasteiger partial charge in [-0.05, 0) is 29.4 Å². The predicted octanol–water partition coefficient (Wildman–Crippen LogP) is 3.43. The summed E-state index contributed by atoms with van der Waals surface area (Å²) in [6.45, 7) is 4.27. The summed E-state index contributed by atoms with van der Waals surface area (Å²) >= 11 is 5.85. The molecule has 2 atom stereocenters. The molecule has 0 amide bonds. The molecule has 0 saturated heterocycles. The molecule has 0 aliphatic heterocycles. The van der Waals surface area contributed by atoms with Crippen molar-refractivity contribution in [3.8, 4) is 0 Å². The van der Waals surface area contributed by atoms with Gasteiger partial charge in [-0.3, -0.25) is 0 Å². The number of aliphatic hydroxyl groups excluding tert-OH is 1. The fraction of sp³-hybridized carbons (Fsp3) is 0.538. The van der Waals surface area contributed by atoms with Gasteiger partial charge in [0.1, 0.15) is 5.82 Å². The van der Waals surface area contributed by atoms with Crippen molar-refractivity contribution in [2.24, 2.45) is 11.3 Å². The molecule has 0 aromatic heterocycles. The Balaban J connectivity index is 2.07. The monoisotopic (exact) mass is 242 g/mol. The molecule has 1 aliphatic rings. The molecule has 16 heavy (non-hydrogen) atoms. The molecule has 1 fully saturated rings. The normalized spacial score (nSPS) is 24.2. The van der Waals surface area contributed by atoms with Crippen molar-refractivity contribution in [3.63, 3.8) is 0 Å². The molecule has 88 valence electrons. The third-order valence-electron chi connectivity index (χ3n) is 3.51. The van der Waals surface area contributed by atoms with Crippen LogP contribution in [-0.2, 0) is 6.42 Å². The van der Waals surface area contributed by atoms with E-state index in [9.17, 15) is 9.50 Å². The second-order valence-electron chi connectivity index (χ2n) is 5.28. The summed E-state index contributed by atoms with van der Waals surface area (Å²) in [6, 6.07) is 4.73. The molecule has 0 bridgehead atoms. The lowest BCUT2D eigenvalue weighted by Gasteiger charge is -2.13. The summed E-state index contributed by atoms with van der Waals surface area (Å²) in [7, 11) is 0. The zero-order valence-electron chi connectivity index (χ0n) is 9.50. The first-order valence-corrected chi connectivity index (χ1v) is 5.90. The lowest BCUT2D eigenvalue weighted by atomic mass is 10.00. The van der Waals surface area contributed by atoms with Crippen LogP contribution in [0, 0.1) is 17.2 Å². The maximum Gasteiger partial charge on any atom is 0.142 e. The summed E-state index contributed by atoms with van der Waals surface area (Å²) in [5.74, 6) is -0.103. The highest BCUT2D eigenvalue weighted by Crippen LogP contribution is 2.54. The van der Waals surface area contributed by atoms with Crippen LogP contribution in [0.4, 0.5) is 4.39 Å². The first-order valence-electron chi connectivity index (χ1n) is 5.53. The highest BCUT2D eigenvalue weighted by molar-refractivity contribution is 6.31. The van der Waals surface area contributed by atoms with Crippen LogP contribution in [0.15, 0.2) is 18.2 Å². The van der Waals surface area contributed by atoms with Crippen molar-refractivity contribution in [2.75, 3.05) is 0 Å². The number of hydrogen-bond donors (Lipinski definition) is 1. The van der Waals surface area contributed by atoms with Crippen molar-refractivity contribution in [1.29, 1.82) is 0 Å². The fourth-order valence-electron chi connectivity index (χ4n) is 2.24. The van der Waals surface area contributed by atoms with Crippen LogP contribution in [0.3, 0.4) is 0 Å². The quantitative estimate of drug-likeness (QED) is 0.861. The van der Waals surface area contributed by atoms with Crippen LogP contribution in [0.1, 0.15) is 25.8 Å². The minimum absolute atomic E-state index is 0.139. The molecule has 1 N–H and O–H groups in total. The Morgan fingerprint density at radius 1 is 1.56 bits per heavy atom. The van der Waals surface area contributed by atoms with Crippen molar-refractivity contribution in [2.45, 2.75) is 32.8 Å². The van der Waals surface area contributed by atoms with Crippen molar-refractivity contribution in [3.05, 3.63) is 34.6 Å². The van der Waals surface area contributed by atoms with Crippen LogP contribution in [-0.4, -0.2) is 11.2 Å². The SMILES string of the molecule is CC1(C)CC1C(O)Cc1cccc(F)c1Cl. The summed E-state index contributed by atoms with van der Waals surface area (Å²) in [6.07, 6.45) is 1.04. The number of hydrogen-bond acceptors (Lipinski definition) is 1. The van der Waals surface area contributed by atoms with E-state index in [0.717, 1.165) is 6.42 Å². The Labute approximate surface area is 100 Å². The second-order valence-corrected chi connectivity index (χ2v) is 5.66. The van der Waals surface area contributed by atoms with Gasteiger partial charge in [0.25, 0.3) is 0 Å². The van der Waals surface area contributed by atoms with E-state index in [1.165, 1.54) is 6.07 Å². The van der Waals surface area contributed by atoms with Gasteiger partial charge in [-0.25, -0.2) is 4.39 Å². The predicted molar refractivity (Wildman–Crippen MR) is 63.0 cm³/mol. The Bertz CT molecular complexity index is 403. The van der Waals surface area contributed by atoms with Gasteiger partial charge >= 0.3 is 0 Å². The molecule has 1 aromatic carbocycles. The molecule has 1 aromatic rings. The molecule has 2 unspecified atom stereocenters. The lowest BCUT2D eigenvalue weighted by Crippen LogP contribution is -2.16. The minimum Gasteiger partial charge on any atom is -0.392 e. The molecule has 1 nitrogen and oxygen atoms in total. The van der Waals surface area contributed by atoms with Gasteiger partial charge in [0.15, 0.2) is 0 Å². The van der Waals surface area contributed by atoms with E-state index >= 15 is 0 Å². The summed E-state index contributed by atoms with van der Waals surface area (Å²) in [5.41, 5.74) is 0.913. The summed E-state index contributed by atoms with van der Waals surface area (Å²) < 4.78 is 13.2. The van der Waals surface area contributed by atoms with E-state index in [1.54, 1.807) is 12.1 Å². The highest BCUT2D eigenvalue weighted by atomic mass is 35.5. The number of benzene rings is 1. The van der Waals surface area contributed by atoms with Crippen molar-refractivity contribution in [1.82, 2.24) is 0 Å². The van der Waals surface area contributed by atoms with Crippen LogP contribution in [0.25, 0.3) is 0 Å². The van der Waals surface area contributed by atoms with Gasteiger partial charge in [-0.1, -0.05) is 37.6 Å². The van der Waals surface area contributed by atoms with Crippen LogP contribution < -0.4 is 0 Å². The summed E-state index contributed by atoms with van der Waals surface area (Å²) in [4.78, 5) is 0. The van der Waals surface area contributed by atoms with Crippen LogP contribution >= 0.6 is 11.6 Å². The zero-order chi connectivity index (χ0) is 11.9. The Hall–Kier alpha value is -0.600. The van der Waals surface area contributed by atoms with Gasteiger partial charge in [-0.2, -0.15) is 0 Å². The smallest absolute Gasteiger partial charge is 0.142 e. The van der Waals surface area contributed by atoms with Gasteiger partial charge in [-0.15, -0.1) is 0 Å². The molecule has 0 radical (unpaired) electrons. The maximum absolute atomic E-state index is 13.2. The van der Waals surface area contributed by atoms with Gasteiger partial charge in [0.2, 0.25) is 0 Å². The molecular formula is C13H16ClFO. The van der Waals surface area contributed by atoms with E-state index in [-0.39, 0.29) is 10.4 Å². The zero-order valence-corrected chi connectivity index (χ0v) is 10.3. The Morgan fingerprint density at radius 3 is 2.75 bits per heavy atom. The van der Waals surface area contributed by atoms with E-state index in [0.29, 0.717) is 17.9 Å². The minimum atomic E-state index is -0.422. The van der Waals surface area contributed by atoms with Gasteiger partial charge in [0.05, 0.1) is 11.1 Å². The third-order valence-corrected chi connectivity index (χ3v) is 3.94. The first kappa shape index (κ1) is 11.9. The third kappa shape index (κ3) is 2.23. The van der Waals surface area contributed by atoms with E-state index in [1.807, 2.05) is 0 Å². The average Bonchev–Trinajstić information content (AvgIpc) is 2.83. The van der Waals surface area contributed by atoms with Crippen LogP contribution in [0.5, 0.6) is 0 Å². The molecular weight excluding hydrogens is 227 g/mol. The second kappa shape index (κ2) is 4.01. The van der Waals surface area contributed by atoms with Crippen molar-refractivity contribution >= 4 is 11.6 Å². The van der Waals surface area contributed by atoms with Gasteiger partial charge < -0.3 is 5.11 Å². The average molecular weight is 243 g/mol. The van der Waals surface area contributed by atoms with Gasteiger partial charge in [0, 0.05) is 6.42 Å². The Kier molecular flexibility index (Phi) is 2.97. The standard InChI is InChI=1S/C13H16ClFO/c1-13(2)7-9(13)11(16)6-8-4-3-5-10(15)12(8)14/h3-5,9,11,16H,6-7H2,1-2H3. The fourth-order valence-corrected chi connectivity index (χ4v) is 2.44. The highest BCUT2D eigenvalue weighted by Gasteiger charge is 2.49. The number of rotatable bonds is 3. The molecule has 0 spiro atoms. The molecule has 2 rings (SSSR count). The maximum atomic E-state index is 13.2. The number of halogens is 2. The van der Waals surface area contributed by atoms with E-state index in [4.69, 9.17) is 11.6 Å².